The number of anilines is 1. The lowest BCUT2D eigenvalue weighted by molar-refractivity contribution is -0.117. The van der Waals surface area contributed by atoms with E-state index in [0.717, 1.165) is 34.7 Å². The molecule has 0 aromatic carbocycles. The van der Waals surface area contributed by atoms with Gasteiger partial charge in [0.25, 0.3) is 5.89 Å². The van der Waals surface area contributed by atoms with E-state index in [1.165, 1.54) is 18.4 Å². The van der Waals surface area contributed by atoms with Gasteiger partial charge in [-0.2, -0.15) is 4.98 Å². The number of nitrogens with zero attached hydrogens (tertiary/aromatic N) is 2. The Morgan fingerprint density at radius 3 is 2.96 bits per heavy atom. The molecule has 2 aromatic rings. The number of carbonyl (C=O) groups excluding carboxylic acids is 1. The molecule has 0 atom stereocenters. The zero-order valence-electron chi connectivity index (χ0n) is 13.8. The molecular formula is C17H21N3O3S. The Kier molecular flexibility index (Phi) is 4.37. The van der Waals surface area contributed by atoms with Crippen LogP contribution in [0.2, 0.25) is 0 Å². The Balaban J connectivity index is 1.61. The molecule has 7 heteroatoms. The van der Waals surface area contributed by atoms with Gasteiger partial charge in [0.15, 0.2) is 5.82 Å². The van der Waals surface area contributed by atoms with E-state index in [1.54, 1.807) is 18.3 Å². The molecule has 1 fully saturated rings. The van der Waals surface area contributed by atoms with E-state index in [4.69, 9.17) is 9.26 Å². The summed E-state index contributed by atoms with van der Waals surface area (Å²) in [5, 5.41) is 7.81. The number of carbonyl (C=O) groups is 1. The maximum absolute atomic E-state index is 12.5. The number of hydrogen-bond acceptors (Lipinski definition) is 6. The van der Waals surface area contributed by atoms with Crippen LogP contribution in [0, 0.1) is 12.8 Å². The third-order valence-corrected chi connectivity index (χ3v) is 5.88. The van der Waals surface area contributed by atoms with E-state index in [-0.39, 0.29) is 5.91 Å². The molecule has 0 bridgehead atoms. The SMILES string of the molecule is Cc1noc(-c2c(NC(=O)CC3CCCC3)sc3c2CCOC3)n1. The number of rotatable bonds is 4. The van der Waals surface area contributed by atoms with E-state index in [9.17, 15) is 4.79 Å². The Morgan fingerprint density at radius 1 is 1.38 bits per heavy atom. The lowest BCUT2D eigenvalue weighted by atomic mass is 10.0. The van der Waals surface area contributed by atoms with Gasteiger partial charge in [-0.3, -0.25) is 4.79 Å². The van der Waals surface area contributed by atoms with Crippen LogP contribution in [-0.4, -0.2) is 22.7 Å². The largest absolute Gasteiger partial charge is 0.376 e. The van der Waals surface area contributed by atoms with Gasteiger partial charge < -0.3 is 14.6 Å². The summed E-state index contributed by atoms with van der Waals surface area (Å²) < 4.78 is 10.9. The number of fused-ring (bicyclic) bond motifs is 1. The molecule has 24 heavy (non-hydrogen) atoms. The summed E-state index contributed by atoms with van der Waals surface area (Å²) in [5.74, 6) is 1.69. The van der Waals surface area contributed by atoms with E-state index in [2.05, 4.69) is 15.5 Å². The predicted octanol–water partition coefficient (Wildman–Crippen LogP) is 3.70. The highest BCUT2D eigenvalue weighted by atomic mass is 32.1. The maximum atomic E-state index is 12.5. The quantitative estimate of drug-likeness (QED) is 0.912. The molecule has 3 heterocycles. The number of nitrogens with one attached hydrogen (secondary N) is 1. The van der Waals surface area contributed by atoms with Crippen LogP contribution < -0.4 is 5.32 Å². The predicted molar refractivity (Wildman–Crippen MR) is 90.9 cm³/mol. The number of hydrogen-bond donors (Lipinski definition) is 1. The van der Waals surface area contributed by atoms with Crippen LogP contribution >= 0.6 is 11.3 Å². The van der Waals surface area contributed by atoms with E-state index in [0.29, 0.717) is 37.3 Å². The monoisotopic (exact) mass is 347 g/mol. The Morgan fingerprint density at radius 2 is 2.21 bits per heavy atom. The third-order valence-electron chi connectivity index (χ3n) is 4.76. The zero-order valence-corrected chi connectivity index (χ0v) is 14.6. The number of amides is 1. The van der Waals surface area contributed by atoms with Gasteiger partial charge in [0.2, 0.25) is 5.91 Å². The summed E-state index contributed by atoms with van der Waals surface area (Å²) in [7, 11) is 0. The average Bonchev–Trinajstić information content (AvgIpc) is 3.27. The molecule has 1 aliphatic heterocycles. The standard InChI is InChI=1S/C17H21N3O3S/c1-10-18-16(23-20-10)15-12-6-7-22-9-13(12)24-17(15)19-14(21)8-11-4-2-3-5-11/h11H,2-9H2,1H3,(H,19,21). The second-order valence-corrected chi connectivity index (χ2v) is 7.67. The molecule has 4 rings (SSSR count). The maximum Gasteiger partial charge on any atom is 0.261 e. The van der Waals surface area contributed by atoms with Crippen molar-refractivity contribution in [3.63, 3.8) is 0 Å². The minimum absolute atomic E-state index is 0.0823. The molecule has 2 aliphatic rings. The molecule has 0 saturated heterocycles. The van der Waals surface area contributed by atoms with Crippen molar-refractivity contribution in [1.82, 2.24) is 10.1 Å². The molecular weight excluding hydrogens is 326 g/mol. The molecule has 128 valence electrons. The van der Waals surface area contributed by atoms with Crippen LogP contribution in [0.4, 0.5) is 5.00 Å². The Hall–Kier alpha value is -1.73. The summed E-state index contributed by atoms with van der Waals surface area (Å²) in [6.07, 6.45) is 6.22. The normalized spacial score (nSPS) is 17.9. The number of ether oxygens (including phenoxy) is 1. The van der Waals surface area contributed by atoms with Crippen molar-refractivity contribution in [2.45, 2.75) is 52.1 Å². The number of aryl methyl sites for hydroxylation is 1. The van der Waals surface area contributed by atoms with Gasteiger partial charge in [-0.25, -0.2) is 0 Å². The minimum atomic E-state index is 0.0823. The van der Waals surface area contributed by atoms with Crippen LogP contribution in [0.3, 0.4) is 0 Å². The Labute approximate surface area is 144 Å². The topological polar surface area (TPSA) is 77.2 Å². The highest BCUT2D eigenvalue weighted by molar-refractivity contribution is 7.17. The molecule has 1 N–H and O–H groups in total. The molecule has 0 unspecified atom stereocenters. The fraction of sp³-hybridized carbons (Fsp3) is 0.588. The van der Waals surface area contributed by atoms with Gasteiger partial charge >= 0.3 is 0 Å². The van der Waals surface area contributed by atoms with Crippen LogP contribution in [0.5, 0.6) is 0 Å². The summed E-state index contributed by atoms with van der Waals surface area (Å²) in [6.45, 7) is 3.06. The lowest BCUT2D eigenvalue weighted by Gasteiger charge is -2.12. The minimum Gasteiger partial charge on any atom is -0.376 e. The highest BCUT2D eigenvalue weighted by Gasteiger charge is 2.27. The van der Waals surface area contributed by atoms with Crippen molar-refractivity contribution in [3.05, 3.63) is 16.3 Å². The van der Waals surface area contributed by atoms with E-state index >= 15 is 0 Å². The van der Waals surface area contributed by atoms with Gasteiger partial charge in [0.1, 0.15) is 5.00 Å². The van der Waals surface area contributed by atoms with E-state index < -0.39 is 0 Å². The Bertz CT molecular complexity index is 746. The number of thiophene rings is 1. The van der Waals surface area contributed by atoms with Gasteiger partial charge in [-0.1, -0.05) is 18.0 Å². The fourth-order valence-corrected chi connectivity index (χ4v) is 4.79. The summed E-state index contributed by atoms with van der Waals surface area (Å²) in [5.41, 5.74) is 2.06. The van der Waals surface area contributed by atoms with Gasteiger partial charge in [0, 0.05) is 11.3 Å². The van der Waals surface area contributed by atoms with Crippen LogP contribution in [0.1, 0.15) is 48.4 Å². The van der Waals surface area contributed by atoms with Gasteiger partial charge in [-0.05, 0) is 37.7 Å². The molecule has 1 aliphatic carbocycles. The second kappa shape index (κ2) is 6.64. The van der Waals surface area contributed by atoms with Crippen LogP contribution in [0.15, 0.2) is 4.52 Å². The molecule has 6 nitrogen and oxygen atoms in total. The van der Waals surface area contributed by atoms with E-state index in [1.807, 2.05) is 0 Å². The molecule has 0 radical (unpaired) electrons. The lowest BCUT2D eigenvalue weighted by Crippen LogP contribution is -2.15. The van der Waals surface area contributed by atoms with Crippen molar-refractivity contribution < 1.29 is 14.1 Å². The summed E-state index contributed by atoms with van der Waals surface area (Å²) >= 11 is 1.57. The highest BCUT2D eigenvalue weighted by Crippen LogP contribution is 2.42. The third kappa shape index (κ3) is 3.10. The van der Waals surface area contributed by atoms with Crippen LogP contribution in [0.25, 0.3) is 11.5 Å². The first-order valence-corrected chi connectivity index (χ1v) is 9.35. The first-order chi connectivity index (χ1) is 11.7. The van der Waals surface area contributed by atoms with Crippen molar-refractivity contribution in [2.24, 2.45) is 5.92 Å². The molecule has 1 saturated carbocycles. The second-order valence-electron chi connectivity index (χ2n) is 6.56. The molecule has 0 spiro atoms. The first-order valence-electron chi connectivity index (χ1n) is 8.53. The van der Waals surface area contributed by atoms with Gasteiger partial charge in [-0.15, -0.1) is 11.3 Å². The average molecular weight is 347 g/mol. The smallest absolute Gasteiger partial charge is 0.261 e. The fourth-order valence-electron chi connectivity index (χ4n) is 3.60. The molecule has 1 amide bonds. The molecule has 2 aromatic heterocycles. The van der Waals surface area contributed by atoms with Crippen molar-refractivity contribution >= 4 is 22.2 Å². The number of aromatic nitrogens is 2. The summed E-state index contributed by atoms with van der Waals surface area (Å²) in [4.78, 5) is 18.0. The van der Waals surface area contributed by atoms with Crippen LogP contribution in [-0.2, 0) is 22.6 Å². The van der Waals surface area contributed by atoms with Gasteiger partial charge in [0.05, 0.1) is 18.8 Å². The van der Waals surface area contributed by atoms with Crippen molar-refractivity contribution in [1.29, 1.82) is 0 Å². The van der Waals surface area contributed by atoms with Crippen molar-refractivity contribution in [3.8, 4) is 11.5 Å². The summed E-state index contributed by atoms with van der Waals surface area (Å²) in [6, 6.07) is 0. The first kappa shape index (κ1) is 15.8. The zero-order chi connectivity index (χ0) is 16.5. The van der Waals surface area contributed by atoms with Crippen molar-refractivity contribution in [2.75, 3.05) is 11.9 Å².